The van der Waals surface area contributed by atoms with Gasteiger partial charge in [-0.15, -0.1) is 0 Å². The minimum Gasteiger partial charge on any atom is -0.336 e. The van der Waals surface area contributed by atoms with Crippen LogP contribution in [-0.4, -0.2) is 17.4 Å². The standard InChI is InChI=1S/C21H24FNO/c1-14-4-5-17(15(2)12-14)7-9-21(24)23-11-10-18-6-8-19(22)13-20(18)16(23)3/h4-6,8,12-13,16H,7,9-11H2,1-3H3. The van der Waals surface area contributed by atoms with Crippen LogP contribution in [0.25, 0.3) is 0 Å². The number of nitrogens with zero attached hydrogens (tertiary/aromatic N) is 1. The molecule has 0 saturated carbocycles. The van der Waals surface area contributed by atoms with Crippen molar-refractivity contribution < 1.29 is 9.18 Å². The summed E-state index contributed by atoms with van der Waals surface area (Å²) in [5.41, 5.74) is 5.81. The number of carbonyl (C=O) groups excluding carboxylic acids is 1. The molecule has 24 heavy (non-hydrogen) atoms. The Morgan fingerprint density at radius 1 is 1.21 bits per heavy atom. The Balaban J connectivity index is 1.69. The van der Waals surface area contributed by atoms with Gasteiger partial charge in [-0.1, -0.05) is 29.8 Å². The molecule has 0 aliphatic carbocycles. The van der Waals surface area contributed by atoms with Gasteiger partial charge in [0.05, 0.1) is 6.04 Å². The molecule has 0 fully saturated rings. The molecule has 1 aliphatic rings. The minimum atomic E-state index is -0.231. The number of hydrogen-bond acceptors (Lipinski definition) is 1. The molecule has 3 heteroatoms. The molecule has 0 aromatic heterocycles. The van der Waals surface area contributed by atoms with Gasteiger partial charge in [-0.05, 0) is 68.0 Å². The molecule has 0 spiro atoms. The quantitative estimate of drug-likeness (QED) is 0.812. The fraction of sp³-hybridized carbons (Fsp3) is 0.381. The molecule has 1 atom stereocenters. The van der Waals surface area contributed by atoms with E-state index in [1.807, 2.05) is 17.9 Å². The van der Waals surface area contributed by atoms with Crippen molar-refractivity contribution in [3.05, 3.63) is 70.0 Å². The lowest BCUT2D eigenvalue weighted by molar-refractivity contribution is -0.133. The van der Waals surface area contributed by atoms with E-state index in [9.17, 15) is 9.18 Å². The van der Waals surface area contributed by atoms with Crippen molar-refractivity contribution in [2.24, 2.45) is 0 Å². The van der Waals surface area contributed by atoms with Gasteiger partial charge in [-0.25, -0.2) is 4.39 Å². The van der Waals surface area contributed by atoms with E-state index in [1.54, 1.807) is 6.07 Å². The highest BCUT2D eigenvalue weighted by atomic mass is 19.1. The first-order valence-corrected chi connectivity index (χ1v) is 8.59. The van der Waals surface area contributed by atoms with Gasteiger partial charge >= 0.3 is 0 Å². The van der Waals surface area contributed by atoms with Crippen molar-refractivity contribution in [3.63, 3.8) is 0 Å². The molecule has 1 unspecified atom stereocenters. The summed E-state index contributed by atoms with van der Waals surface area (Å²) in [5, 5.41) is 0. The van der Waals surface area contributed by atoms with Crippen molar-refractivity contribution in [2.45, 2.75) is 46.1 Å². The first-order valence-electron chi connectivity index (χ1n) is 8.59. The fourth-order valence-corrected chi connectivity index (χ4v) is 3.64. The highest BCUT2D eigenvalue weighted by Gasteiger charge is 2.27. The first-order chi connectivity index (χ1) is 11.5. The Morgan fingerprint density at radius 2 is 2.00 bits per heavy atom. The first kappa shape index (κ1) is 16.7. The predicted molar refractivity (Wildman–Crippen MR) is 94.5 cm³/mol. The Labute approximate surface area is 143 Å². The smallest absolute Gasteiger partial charge is 0.223 e. The van der Waals surface area contributed by atoms with E-state index in [1.165, 1.54) is 22.8 Å². The molecule has 1 amide bonds. The van der Waals surface area contributed by atoms with E-state index in [2.05, 4.69) is 32.0 Å². The average Bonchev–Trinajstić information content (AvgIpc) is 2.54. The number of fused-ring (bicyclic) bond motifs is 1. The molecule has 2 nitrogen and oxygen atoms in total. The zero-order valence-electron chi connectivity index (χ0n) is 14.6. The molecule has 0 radical (unpaired) electrons. The van der Waals surface area contributed by atoms with E-state index in [4.69, 9.17) is 0 Å². The lowest BCUT2D eigenvalue weighted by atomic mass is 9.92. The van der Waals surface area contributed by atoms with Crippen LogP contribution in [0.2, 0.25) is 0 Å². The van der Waals surface area contributed by atoms with E-state index in [0.29, 0.717) is 13.0 Å². The number of amides is 1. The predicted octanol–water partition coefficient (Wildman–Crippen LogP) is 4.52. The molecule has 0 N–H and O–H groups in total. The Morgan fingerprint density at radius 3 is 2.75 bits per heavy atom. The van der Waals surface area contributed by atoms with Gasteiger partial charge < -0.3 is 4.90 Å². The topological polar surface area (TPSA) is 20.3 Å². The summed E-state index contributed by atoms with van der Waals surface area (Å²) in [7, 11) is 0. The van der Waals surface area contributed by atoms with Gasteiger partial charge in [0, 0.05) is 13.0 Å². The number of halogens is 1. The Kier molecular flexibility index (Phi) is 4.70. The lowest BCUT2D eigenvalue weighted by Gasteiger charge is -2.35. The maximum absolute atomic E-state index is 13.5. The maximum atomic E-state index is 13.5. The van der Waals surface area contributed by atoms with Gasteiger partial charge in [-0.3, -0.25) is 4.79 Å². The average molecular weight is 325 g/mol. The van der Waals surface area contributed by atoms with E-state index in [0.717, 1.165) is 24.0 Å². The van der Waals surface area contributed by atoms with Crippen LogP contribution in [0.3, 0.4) is 0 Å². The summed E-state index contributed by atoms with van der Waals surface area (Å²) in [6, 6.07) is 11.2. The highest BCUT2D eigenvalue weighted by molar-refractivity contribution is 5.77. The Bertz CT molecular complexity index is 768. The van der Waals surface area contributed by atoms with Gasteiger partial charge in [0.1, 0.15) is 5.82 Å². The van der Waals surface area contributed by atoms with Crippen LogP contribution in [0.1, 0.15) is 47.2 Å². The molecule has 3 rings (SSSR count). The van der Waals surface area contributed by atoms with Crippen LogP contribution in [0.5, 0.6) is 0 Å². The van der Waals surface area contributed by atoms with Crippen molar-refractivity contribution >= 4 is 5.91 Å². The summed E-state index contributed by atoms with van der Waals surface area (Å²) in [4.78, 5) is 14.6. The summed E-state index contributed by atoms with van der Waals surface area (Å²) >= 11 is 0. The fourth-order valence-electron chi connectivity index (χ4n) is 3.64. The monoisotopic (exact) mass is 325 g/mol. The summed E-state index contributed by atoms with van der Waals surface area (Å²) in [6.07, 6.45) is 2.05. The maximum Gasteiger partial charge on any atom is 0.223 e. The van der Waals surface area contributed by atoms with E-state index >= 15 is 0 Å². The van der Waals surface area contributed by atoms with Crippen molar-refractivity contribution in [3.8, 4) is 0 Å². The number of benzene rings is 2. The zero-order chi connectivity index (χ0) is 17.3. The molecule has 126 valence electrons. The van der Waals surface area contributed by atoms with Crippen LogP contribution in [0, 0.1) is 19.7 Å². The van der Waals surface area contributed by atoms with Crippen LogP contribution >= 0.6 is 0 Å². The van der Waals surface area contributed by atoms with E-state index < -0.39 is 0 Å². The van der Waals surface area contributed by atoms with Crippen LogP contribution < -0.4 is 0 Å². The van der Waals surface area contributed by atoms with Crippen molar-refractivity contribution in [1.29, 1.82) is 0 Å². The molecule has 1 heterocycles. The summed E-state index contributed by atoms with van der Waals surface area (Å²) < 4.78 is 13.5. The molecule has 0 saturated heterocycles. The van der Waals surface area contributed by atoms with Gasteiger partial charge in [0.2, 0.25) is 5.91 Å². The zero-order valence-corrected chi connectivity index (χ0v) is 14.6. The number of aryl methyl sites for hydroxylation is 3. The van der Waals surface area contributed by atoms with Gasteiger partial charge in [-0.2, -0.15) is 0 Å². The molecular weight excluding hydrogens is 301 g/mol. The second-order valence-electron chi connectivity index (χ2n) is 6.79. The second-order valence-corrected chi connectivity index (χ2v) is 6.79. The normalized spacial score (nSPS) is 16.8. The molecule has 2 aromatic rings. The lowest BCUT2D eigenvalue weighted by Crippen LogP contribution is -2.39. The number of carbonyl (C=O) groups is 1. The largest absolute Gasteiger partial charge is 0.336 e. The van der Waals surface area contributed by atoms with Crippen molar-refractivity contribution in [2.75, 3.05) is 6.54 Å². The van der Waals surface area contributed by atoms with E-state index in [-0.39, 0.29) is 17.8 Å². The third kappa shape index (κ3) is 3.35. The minimum absolute atomic E-state index is 0.0592. The molecular formula is C21H24FNO. The molecule has 0 bridgehead atoms. The van der Waals surface area contributed by atoms with Crippen LogP contribution in [0.15, 0.2) is 36.4 Å². The summed E-state index contributed by atoms with van der Waals surface area (Å²) in [5.74, 6) is -0.0810. The van der Waals surface area contributed by atoms with Gasteiger partial charge in [0.15, 0.2) is 0 Å². The van der Waals surface area contributed by atoms with Crippen molar-refractivity contribution in [1.82, 2.24) is 4.90 Å². The van der Waals surface area contributed by atoms with Crippen LogP contribution in [-0.2, 0) is 17.6 Å². The SMILES string of the molecule is Cc1ccc(CCC(=O)N2CCc3ccc(F)cc3C2C)c(C)c1. The third-order valence-corrected chi connectivity index (χ3v) is 5.07. The number of hydrogen-bond donors (Lipinski definition) is 0. The molecule has 2 aromatic carbocycles. The number of rotatable bonds is 3. The Hall–Kier alpha value is -2.16. The second kappa shape index (κ2) is 6.76. The van der Waals surface area contributed by atoms with Gasteiger partial charge in [0.25, 0.3) is 0 Å². The highest BCUT2D eigenvalue weighted by Crippen LogP contribution is 2.30. The molecule has 1 aliphatic heterocycles. The third-order valence-electron chi connectivity index (χ3n) is 5.07. The van der Waals surface area contributed by atoms with Crippen LogP contribution in [0.4, 0.5) is 4.39 Å². The summed E-state index contributed by atoms with van der Waals surface area (Å²) in [6.45, 7) is 6.88.